The van der Waals surface area contributed by atoms with Crippen molar-refractivity contribution in [2.45, 2.75) is 77.9 Å². The van der Waals surface area contributed by atoms with Gasteiger partial charge in [0.1, 0.15) is 12.6 Å². The molecule has 0 heterocycles. The van der Waals surface area contributed by atoms with E-state index in [-0.39, 0.29) is 25.4 Å². The van der Waals surface area contributed by atoms with E-state index in [1.165, 1.54) is 0 Å². The molecule has 168 valence electrons. The highest BCUT2D eigenvalue weighted by molar-refractivity contribution is 5.86. The number of rotatable bonds is 15. The van der Waals surface area contributed by atoms with Gasteiger partial charge in [-0.25, -0.2) is 4.79 Å². The fourth-order valence-electron chi connectivity index (χ4n) is 3.09. The predicted molar refractivity (Wildman–Crippen MR) is 116 cm³/mol. The van der Waals surface area contributed by atoms with E-state index in [0.717, 1.165) is 44.1 Å². The molecule has 1 atom stereocenters. The molecule has 0 aliphatic heterocycles. The molecule has 0 fully saturated rings. The summed E-state index contributed by atoms with van der Waals surface area (Å²) in [4.78, 5) is 38.2. The highest BCUT2D eigenvalue weighted by Crippen LogP contribution is 2.09. The topological polar surface area (TPSA) is 95.9 Å². The summed E-state index contributed by atoms with van der Waals surface area (Å²) in [6.07, 6.45) is 5.02. The minimum Gasteiger partial charge on any atom is -0.481 e. The SMILES string of the molecule is CCCCCN(CCCCC)C(=O)[C@@H](CCC(=O)O)NC(=O)OCc1ccccc1. The van der Waals surface area contributed by atoms with Gasteiger partial charge in [0.25, 0.3) is 0 Å². The molecule has 0 unspecified atom stereocenters. The van der Waals surface area contributed by atoms with Crippen molar-refractivity contribution in [3.05, 3.63) is 35.9 Å². The normalized spacial score (nSPS) is 11.5. The number of carboxylic acid groups (broad SMARTS) is 1. The molecule has 0 saturated carbocycles. The Balaban J connectivity index is 2.75. The largest absolute Gasteiger partial charge is 0.481 e. The summed E-state index contributed by atoms with van der Waals surface area (Å²) in [5.41, 5.74) is 0.835. The van der Waals surface area contributed by atoms with Gasteiger partial charge in [0.05, 0.1) is 0 Å². The van der Waals surface area contributed by atoms with E-state index in [2.05, 4.69) is 19.2 Å². The number of hydrogen-bond acceptors (Lipinski definition) is 4. The third kappa shape index (κ3) is 10.8. The zero-order valence-corrected chi connectivity index (χ0v) is 18.3. The molecule has 2 N–H and O–H groups in total. The zero-order valence-electron chi connectivity index (χ0n) is 18.3. The highest BCUT2D eigenvalue weighted by atomic mass is 16.5. The summed E-state index contributed by atoms with van der Waals surface area (Å²) in [5, 5.41) is 11.6. The standard InChI is InChI=1S/C23H36N2O5/c1-3-5-10-16-25(17-11-6-4-2)22(28)20(14-15-21(26)27)24-23(29)30-18-19-12-8-7-9-13-19/h7-9,12-13,20H,3-6,10-11,14-18H2,1-2H3,(H,24,29)(H,26,27)/t20-/m1/s1. The Morgan fingerprint density at radius 3 is 2.13 bits per heavy atom. The average molecular weight is 421 g/mol. The van der Waals surface area contributed by atoms with Crippen LogP contribution in [0.3, 0.4) is 0 Å². The molecular weight excluding hydrogens is 384 g/mol. The van der Waals surface area contributed by atoms with Crippen molar-refractivity contribution < 1.29 is 24.2 Å². The molecular formula is C23H36N2O5. The lowest BCUT2D eigenvalue weighted by molar-refractivity contribution is -0.138. The van der Waals surface area contributed by atoms with E-state index in [1.807, 2.05) is 30.3 Å². The van der Waals surface area contributed by atoms with E-state index in [1.54, 1.807) is 4.90 Å². The average Bonchev–Trinajstić information content (AvgIpc) is 2.74. The number of benzene rings is 1. The van der Waals surface area contributed by atoms with Crippen LogP contribution >= 0.6 is 0 Å². The van der Waals surface area contributed by atoms with Gasteiger partial charge in [-0.1, -0.05) is 69.9 Å². The number of amides is 2. The molecule has 2 amide bonds. The van der Waals surface area contributed by atoms with Gasteiger partial charge in [-0.05, 0) is 24.8 Å². The first kappa shape index (κ1) is 25.5. The Hall–Kier alpha value is -2.57. The summed E-state index contributed by atoms with van der Waals surface area (Å²) >= 11 is 0. The van der Waals surface area contributed by atoms with Crippen LogP contribution in [0.1, 0.15) is 70.8 Å². The number of unbranched alkanes of at least 4 members (excludes halogenated alkanes) is 4. The van der Waals surface area contributed by atoms with Crippen LogP contribution in [-0.2, 0) is 20.9 Å². The lowest BCUT2D eigenvalue weighted by atomic mass is 10.1. The van der Waals surface area contributed by atoms with E-state index in [9.17, 15) is 14.4 Å². The first-order chi connectivity index (χ1) is 14.5. The van der Waals surface area contributed by atoms with Crippen LogP contribution in [0.5, 0.6) is 0 Å². The first-order valence-electron chi connectivity index (χ1n) is 11.0. The Morgan fingerprint density at radius 2 is 1.60 bits per heavy atom. The number of carbonyl (C=O) groups is 3. The fraction of sp³-hybridized carbons (Fsp3) is 0.609. The van der Waals surface area contributed by atoms with Crippen LogP contribution in [0.4, 0.5) is 4.79 Å². The Labute approximate surface area is 179 Å². The molecule has 0 aromatic heterocycles. The van der Waals surface area contributed by atoms with Gasteiger partial charge in [0.2, 0.25) is 5.91 Å². The molecule has 0 saturated heterocycles. The highest BCUT2D eigenvalue weighted by Gasteiger charge is 2.26. The van der Waals surface area contributed by atoms with Crippen LogP contribution in [0.2, 0.25) is 0 Å². The van der Waals surface area contributed by atoms with Gasteiger partial charge in [-0.2, -0.15) is 0 Å². The summed E-state index contributed by atoms with van der Waals surface area (Å²) in [6, 6.07) is 8.33. The number of hydrogen-bond donors (Lipinski definition) is 2. The van der Waals surface area contributed by atoms with Gasteiger partial charge >= 0.3 is 12.1 Å². The Morgan fingerprint density at radius 1 is 1.00 bits per heavy atom. The van der Waals surface area contributed by atoms with Crippen molar-refractivity contribution in [3.63, 3.8) is 0 Å². The van der Waals surface area contributed by atoms with Crippen LogP contribution in [-0.4, -0.2) is 47.1 Å². The van der Waals surface area contributed by atoms with Gasteiger partial charge in [0.15, 0.2) is 0 Å². The van der Waals surface area contributed by atoms with Crippen molar-refractivity contribution in [1.29, 1.82) is 0 Å². The fourth-order valence-corrected chi connectivity index (χ4v) is 3.09. The molecule has 0 spiro atoms. The second kappa shape index (κ2) is 15.3. The monoisotopic (exact) mass is 420 g/mol. The van der Waals surface area contributed by atoms with Crippen LogP contribution < -0.4 is 5.32 Å². The third-order valence-corrected chi connectivity index (χ3v) is 4.82. The Bertz CT molecular complexity index is 626. The molecule has 1 aromatic carbocycles. The van der Waals surface area contributed by atoms with E-state index in [0.29, 0.717) is 13.1 Å². The van der Waals surface area contributed by atoms with E-state index in [4.69, 9.17) is 9.84 Å². The Kier molecular flexibility index (Phi) is 13.0. The summed E-state index contributed by atoms with van der Waals surface area (Å²) in [5.74, 6) is -1.24. The maximum atomic E-state index is 13.1. The minimum absolute atomic E-state index is 0.0344. The maximum Gasteiger partial charge on any atom is 0.408 e. The zero-order chi connectivity index (χ0) is 22.2. The molecule has 1 rings (SSSR count). The number of nitrogens with zero attached hydrogens (tertiary/aromatic N) is 1. The number of alkyl carbamates (subject to hydrolysis) is 1. The predicted octanol–water partition coefficient (Wildman–Crippen LogP) is 4.36. The van der Waals surface area contributed by atoms with Gasteiger partial charge < -0.3 is 20.1 Å². The van der Waals surface area contributed by atoms with Crippen molar-refractivity contribution >= 4 is 18.0 Å². The number of carboxylic acids is 1. The van der Waals surface area contributed by atoms with Crippen LogP contribution in [0, 0.1) is 0 Å². The van der Waals surface area contributed by atoms with Gasteiger partial charge in [-0.3, -0.25) is 9.59 Å². The van der Waals surface area contributed by atoms with Crippen LogP contribution in [0.25, 0.3) is 0 Å². The maximum absolute atomic E-state index is 13.1. The first-order valence-corrected chi connectivity index (χ1v) is 11.0. The molecule has 7 nitrogen and oxygen atoms in total. The third-order valence-electron chi connectivity index (χ3n) is 4.82. The quantitative estimate of drug-likeness (QED) is 0.411. The second-order valence-corrected chi connectivity index (χ2v) is 7.43. The number of carbonyl (C=O) groups excluding carboxylic acids is 2. The van der Waals surface area contributed by atoms with Crippen LogP contribution in [0.15, 0.2) is 30.3 Å². The number of ether oxygens (including phenoxy) is 1. The van der Waals surface area contributed by atoms with Crippen molar-refractivity contribution in [2.75, 3.05) is 13.1 Å². The number of aliphatic carboxylic acids is 1. The molecule has 0 radical (unpaired) electrons. The van der Waals surface area contributed by atoms with Crippen molar-refractivity contribution in [2.24, 2.45) is 0 Å². The van der Waals surface area contributed by atoms with Gasteiger partial charge in [-0.15, -0.1) is 0 Å². The lowest BCUT2D eigenvalue weighted by Gasteiger charge is -2.28. The summed E-state index contributed by atoms with van der Waals surface area (Å²) in [7, 11) is 0. The lowest BCUT2D eigenvalue weighted by Crippen LogP contribution is -2.49. The molecule has 0 bridgehead atoms. The van der Waals surface area contributed by atoms with Crippen molar-refractivity contribution in [3.8, 4) is 0 Å². The minimum atomic E-state index is -1.00. The second-order valence-electron chi connectivity index (χ2n) is 7.43. The molecule has 30 heavy (non-hydrogen) atoms. The van der Waals surface area contributed by atoms with Gasteiger partial charge in [0, 0.05) is 19.5 Å². The summed E-state index contributed by atoms with van der Waals surface area (Å²) in [6.45, 7) is 5.51. The molecule has 7 heteroatoms. The molecule has 0 aliphatic carbocycles. The van der Waals surface area contributed by atoms with Crippen molar-refractivity contribution in [1.82, 2.24) is 10.2 Å². The number of nitrogens with one attached hydrogen (secondary N) is 1. The molecule has 0 aliphatic rings. The van der Waals surface area contributed by atoms with E-state index < -0.39 is 18.1 Å². The summed E-state index contributed by atoms with van der Waals surface area (Å²) < 4.78 is 5.22. The smallest absolute Gasteiger partial charge is 0.408 e. The van der Waals surface area contributed by atoms with E-state index >= 15 is 0 Å². The molecule has 1 aromatic rings.